The smallest absolute Gasteiger partial charge is 0.122 e. The van der Waals surface area contributed by atoms with E-state index in [1.54, 1.807) is 5.57 Å². The number of allylic oxidation sites excluding steroid dienone is 4. The van der Waals surface area contributed by atoms with Crippen molar-refractivity contribution in [2.24, 2.45) is 5.92 Å². The van der Waals surface area contributed by atoms with Crippen LogP contribution in [0.2, 0.25) is 0 Å². The lowest BCUT2D eigenvalue weighted by Gasteiger charge is -2.40. The van der Waals surface area contributed by atoms with Crippen LogP contribution in [0.15, 0.2) is 41.5 Å². The Labute approximate surface area is 134 Å². The van der Waals surface area contributed by atoms with E-state index >= 15 is 0 Å². The Balaban J connectivity index is 1.80. The van der Waals surface area contributed by atoms with Crippen LogP contribution in [0.3, 0.4) is 0 Å². The third-order valence-corrected chi connectivity index (χ3v) is 5.76. The summed E-state index contributed by atoms with van der Waals surface area (Å²) in [7, 11) is 0. The summed E-state index contributed by atoms with van der Waals surface area (Å²) in [6, 6.07) is 7.01. The van der Waals surface area contributed by atoms with Crippen molar-refractivity contribution < 1.29 is 4.74 Å². The lowest BCUT2D eigenvalue weighted by molar-refractivity contribution is 0.287. The fourth-order valence-electron chi connectivity index (χ4n) is 4.41. The third-order valence-electron chi connectivity index (χ3n) is 5.76. The number of hydrogen-bond donors (Lipinski definition) is 0. The van der Waals surface area contributed by atoms with Crippen LogP contribution >= 0.6 is 0 Å². The number of aryl methyl sites for hydroxylation is 1. The van der Waals surface area contributed by atoms with Gasteiger partial charge in [0.1, 0.15) is 5.75 Å². The minimum Gasteiger partial charge on any atom is -0.493 e. The summed E-state index contributed by atoms with van der Waals surface area (Å²) in [5.41, 5.74) is 6.37. The van der Waals surface area contributed by atoms with E-state index in [0.29, 0.717) is 0 Å². The second-order valence-electron chi connectivity index (χ2n) is 7.30. The average Bonchev–Trinajstić information content (AvgIpc) is 3.39. The first-order chi connectivity index (χ1) is 10.7. The predicted molar refractivity (Wildman–Crippen MR) is 91.4 cm³/mol. The average molecular weight is 294 g/mol. The van der Waals surface area contributed by atoms with Crippen molar-refractivity contribution in [1.29, 1.82) is 0 Å². The number of rotatable bonds is 3. The molecule has 1 saturated carbocycles. The van der Waals surface area contributed by atoms with Crippen LogP contribution in [0.1, 0.15) is 57.1 Å². The third kappa shape index (κ3) is 2.22. The highest BCUT2D eigenvalue weighted by molar-refractivity contribution is 5.49. The molecule has 1 unspecified atom stereocenters. The molecule has 0 spiro atoms. The summed E-state index contributed by atoms with van der Waals surface area (Å²) in [6.07, 6.45) is 12.3. The largest absolute Gasteiger partial charge is 0.493 e. The van der Waals surface area contributed by atoms with E-state index in [1.165, 1.54) is 48.8 Å². The zero-order valence-electron chi connectivity index (χ0n) is 13.8. The molecule has 3 aliphatic rings. The van der Waals surface area contributed by atoms with Gasteiger partial charge in [0.15, 0.2) is 0 Å². The van der Waals surface area contributed by atoms with Crippen LogP contribution in [0.25, 0.3) is 0 Å². The van der Waals surface area contributed by atoms with Crippen molar-refractivity contribution in [2.45, 2.75) is 57.8 Å². The van der Waals surface area contributed by atoms with Gasteiger partial charge in [-0.3, -0.25) is 0 Å². The first kappa shape index (κ1) is 14.1. The molecule has 0 N–H and O–H groups in total. The minimum absolute atomic E-state index is 0.229. The molecule has 1 heterocycles. The molecule has 0 bridgehead atoms. The van der Waals surface area contributed by atoms with Gasteiger partial charge in [0.05, 0.1) is 6.61 Å². The van der Waals surface area contributed by atoms with Crippen LogP contribution in [-0.4, -0.2) is 6.61 Å². The van der Waals surface area contributed by atoms with Crippen molar-refractivity contribution in [3.8, 4) is 5.75 Å². The van der Waals surface area contributed by atoms with E-state index in [4.69, 9.17) is 4.74 Å². The van der Waals surface area contributed by atoms with Crippen LogP contribution in [0.5, 0.6) is 5.75 Å². The van der Waals surface area contributed by atoms with Crippen LogP contribution in [-0.2, 0) is 11.8 Å². The number of fused-ring (bicyclic) bond motifs is 1. The van der Waals surface area contributed by atoms with E-state index in [9.17, 15) is 0 Å². The Bertz CT molecular complexity index is 648. The second-order valence-corrected chi connectivity index (χ2v) is 7.30. The standard InChI is InChI=1S/C21H26O/c1-3-21(14-15(2)6-10-19(21)16-7-8-16)18-9-11-20-17(13-18)5-4-12-22-20/h6,9-11,13,16H,3-5,7-8,12,14H2,1-2H3. The molecule has 1 atom stereocenters. The fraction of sp³-hybridized carbons (Fsp3) is 0.524. The van der Waals surface area contributed by atoms with E-state index in [1.807, 2.05) is 0 Å². The quantitative estimate of drug-likeness (QED) is 0.730. The summed E-state index contributed by atoms with van der Waals surface area (Å²) < 4.78 is 5.81. The summed E-state index contributed by atoms with van der Waals surface area (Å²) in [6.45, 7) is 5.53. The number of hydrogen-bond acceptors (Lipinski definition) is 1. The van der Waals surface area contributed by atoms with E-state index in [2.05, 4.69) is 44.2 Å². The lowest BCUT2D eigenvalue weighted by atomic mass is 9.64. The van der Waals surface area contributed by atoms with Crippen molar-refractivity contribution in [3.63, 3.8) is 0 Å². The van der Waals surface area contributed by atoms with Crippen LogP contribution in [0.4, 0.5) is 0 Å². The lowest BCUT2D eigenvalue weighted by Crippen LogP contribution is -2.31. The zero-order chi connectivity index (χ0) is 15.2. The molecule has 1 nitrogen and oxygen atoms in total. The molecule has 1 aromatic rings. The molecule has 4 rings (SSSR count). The molecular weight excluding hydrogens is 268 g/mol. The summed E-state index contributed by atoms with van der Waals surface area (Å²) in [5, 5.41) is 0. The minimum atomic E-state index is 0.229. The van der Waals surface area contributed by atoms with Gasteiger partial charge in [-0.1, -0.05) is 42.4 Å². The van der Waals surface area contributed by atoms with E-state index < -0.39 is 0 Å². The van der Waals surface area contributed by atoms with Gasteiger partial charge in [-0.2, -0.15) is 0 Å². The SMILES string of the molecule is CCC1(c2ccc3c(c2)CCCO3)CC(C)=CC=C1C1CC1. The summed E-state index contributed by atoms with van der Waals surface area (Å²) in [5.74, 6) is 1.94. The van der Waals surface area contributed by atoms with Crippen molar-refractivity contribution in [3.05, 3.63) is 52.6 Å². The van der Waals surface area contributed by atoms with Crippen molar-refractivity contribution in [1.82, 2.24) is 0 Å². The first-order valence-electron chi connectivity index (χ1n) is 8.87. The fourth-order valence-corrected chi connectivity index (χ4v) is 4.41. The molecule has 1 fully saturated rings. The van der Waals surface area contributed by atoms with Gasteiger partial charge in [-0.15, -0.1) is 0 Å². The Morgan fingerprint density at radius 3 is 2.86 bits per heavy atom. The Morgan fingerprint density at radius 1 is 1.23 bits per heavy atom. The summed E-state index contributed by atoms with van der Waals surface area (Å²) >= 11 is 0. The highest BCUT2D eigenvalue weighted by atomic mass is 16.5. The van der Waals surface area contributed by atoms with Gasteiger partial charge >= 0.3 is 0 Å². The monoisotopic (exact) mass is 294 g/mol. The van der Waals surface area contributed by atoms with Gasteiger partial charge in [0, 0.05) is 5.41 Å². The molecule has 0 saturated heterocycles. The molecule has 116 valence electrons. The molecule has 1 aromatic carbocycles. The number of benzene rings is 1. The Kier molecular flexibility index (Phi) is 3.40. The molecular formula is C21H26O. The van der Waals surface area contributed by atoms with Crippen LogP contribution < -0.4 is 4.74 Å². The van der Waals surface area contributed by atoms with Crippen LogP contribution in [0, 0.1) is 5.92 Å². The molecule has 22 heavy (non-hydrogen) atoms. The topological polar surface area (TPSA) is 9.23 Å². The highest BCUT2D eigenvalue weighted by Gasteiger charge is 2.43. The van der Waals surface area contributed by atoms with Gasteiger partial charge in [-0.05, 0) is 68.6 Å². The Hall–Kier alpha value is -1.50. The molecule has 0 amide bonds. The molecule has 1 heteroatoms. The maximum Gasteiger partial charge on any atom is 0.122 e. The molecule has 0 aromatic heterocycles. The van der Waals surface area contributed by atoms with Gasteiger partial charge in [-0.25, -0.2) is 0 Å². The molecule has 2 aliphatic carbocycles. The first-order valence-corrected chi connectivity index (χ1v) is 8.87. The zero-order valence-corrected chi connectivity index (χ0v) is 13.8. The predicted octanol–water partition coefficient (Wildman–Crippen LogP) is 5.35. The maximum atomic E-state index is 5.81. The maximum absolute atomic E-state index is 5.81. The number of ether oxygens (including phenoxy) is 1. The van der Waals surface area contributed by atoms with Gasteiger partial charge in [0.25, 0.3) is 0 Å². The highest BCUT2D eigenvalue weighted by Crippen LogP contribution is 2.53. The van der Waals surface area contributed by atoms with Gasteiger partial charge in [0.2, 0.25) is 0 Å². The van der Waals surface area contributed by atoms with E-state index in [0.717, 1.165) is 24.7 Å². The second kappa shape index (κ2) is 5.30. The normalized spacial score (nSPS) is 27.5. The van der Waals surface area contributed by atoms with Gasteiger partial charge < -0.3 is 4.74 Å². The van der Waals surface area contributed by atoms with Crippen molar-refractivity contribution in [2.75, 3.05) is 6.61 Å². The molecule has 1 aliphatic heterocycles. The van der Waals surface area contributed by atoms with E-state index in [-0.39, 0.29) is 5.41 Å². The molecule has 0 radical (unpaired) electrons. The van der Waals surface area contributed by atoms with Crippen molar-refractivity contribution >= 4 is 0 Å². The summed E-state index contributed by atoms with van der Waals surface area (Å²) in [4.78, 5) is 0. The Morgan fingerprint density at radius 2 is 2.09 bits per heavy atom.